The minimum atomic E-state index is -5.99. The van der Waals surface area contributed by atoms with Crippen LogP contribution in [0.4, 0.5) is 27.6 Å². The van der Waals surface area contributed by atoms with Gasteiger partial charge in [0.25, 0.3) is 0 Å². The molecule has 0 aliphatic carbocycles. The second-order valence-electron chi connectivity index (χ2n) is 3.22. The molecule has 0 aliphatic rings. The zero-order chi connectivity index (χ0) is 14.8. The van der Waals surface area contributed by atoms with Gasteiger partial charge in [-0.25, -0.2) is 4.79 Å². The van der Waals surface area contributed by atoms with E-state index in [1.54, 1.807) is 0 Å². The van der Waals surface area contributed by atoms with E-state index in [4.69, 9.17) is 0 Å². The Morgan fingerprint density at radius 3 is 2.32 bits per heavy atom. The largest absolute Gasteiger partial charge is 0.465 e. The van der Waals surface area contributed by atoms with E-state index in [0.717, 1.165) is 29.9 Å². The normalized spacial score (nSPS) is 12.1. The molecule has 106 valence electrons. The van der Waals surface area contributed by atoms with E-state index in [1.165, 1.54) is 5.32 Å². The second-order valence-corrected chi connectivity index (χ2v) is 4.13. The molecule has 1 N–H and O–H groups in total. The van der Waals surface area contributed by atoms with E-state index in [9.17, 15) is 31.5 Å². The lowest BCUT2D eigenvalue weighted by molar-refractivity contribution is -0.267. The van der Waals surface area contributed by atoms with Gasteiger partial charge in [-0.05, 0) is 6.07 Å². The lowest BCUT2D eigenvalue weighted by atomic mass is 10.3. The summed E-state index contributed by atoms with van der Waals surface area (Å²) in [7, 11) is 1.07. The molecule has 0 saturated carbocycles. The summed E-state index contributed by atoms with van der Waals surface area (Å²) in [6, 6.07) is 0.931. The zero-order valence-corrected chi connectivity index (χ0v) is 9.99. The van der Waals surface area contributed by atoms with Crippen molar-refractivity contribution in [3.05, 3.63) is 16.3 Å². The summed E-state index contributed by atoms with van der Waals surface area (Å²) in [6.45, 7) is 0. The summed E-state index contributed by atoms with van der Waals surface area (Å²) in [5, 5.41) is 2.42. The molecule has 1 amide bonds. The molecule has 4 nitrogen and oxygen atoms in total. The Bertz CT molecular complexity index is 496. The van der Waals surface area contributed by atoms with Gasteiger partial charge >= 0.3 is 24.0 Å². The van der Waals surface area contributed by atoms with Crippen LogP contribution in [-0.2, 0) is 9.53 Å². The van der Waals surface area contributed by atoms with Crippen LogP contribution >= 0.6 is 11.3 Å². The molecule has 1 aromatic heterocycles. The molecule has 0 atom stereocenters. The third-order valence-electron chi connectivity index (χ3n) is 1.89. The van der Waals surface area contributed by atoms with Crippen molar-refractivity contribution in [1.82, 2.24) is 0 Å². The number of carbonyl (C=O) groups excluding carboxylic acids is 2. The predicted molar refractivity (Wildman–Crippen MR) is 55.3 cm³/mol. The molecule has 19 heavy (non-hydrogen) atoms. The summed E-state index contributed by atoms with van der Waals surface area (Å²) in [4.78, 5) is 21.8. The van der Waals surface area contributed by atoms with Gasteiger partial charge in [0.05, 0.1) is 12.8 Å². The number of esters is 1. The fraction of sp³-hybridized carbons (Fsp3) is 0.333. The van der Waals surface area contributed by atoms with E-state index in [0.29, 0.717) is 0 Å². The smallest absolute Gasteiger partial charge is 0.463 e. The fourth-order valence-electron chi connectivity index (χ4n) is 0.948. The first kappa shape index (κ1) is 15.3. The maximum Gasteiger partial charge on any atom is 0.463 e. The molecular weight excluding hydrogens is 297 g/mol. The Morgan fingerprint density at radius 1 is 1.26 bits per heavy atom. The van der Waals surface area contributed by atoms with Gasteiger partial charge in [-0.2, -0.15) is 22.0 Å². The van der Waals surface area contributed by atoms with Gasteiger partial charge in [-0.1, -0.05) is 0 Å². The number of rotatable bonds is 3. The third-order valence-corrected chi connectivity index (χ3v) is 2.80. The number of methoxy groups -OCH3 is 1. The van der Waals surface area contributed by atoms with Gasteiger partial charge in [0.1, 0.15) is 4.88 Å². The standard InChI is InChI=1S/C9H6F5NO3S/c1-18-6(16)5-2-4(3-19-5)15-7(17)8(10,11)9(12,13)14/h2-3H,1H3,(H,15,17). The Balaban J connectivity index is 2.84. The minimum absolute atomic E-state index is 0.0480. The van der Waals surface area contributed by atoms with Crippen LogP contribution in [0.2, 0.25) is 0 Å². The lowest BCUT2D eigenvalue weighted by Crippen LogP contribution is -2.47. The van der Waals surface area contributed by atoms with Crippen LogP contribution in [0.5, 0.6) is 0 Å². The molecule has 0 aromatic carbocycles. The highest BCUT2D eigenvalue weighted by Gasteiger charge is 2.63. The van der Waals surface area contributed by atoms with E-state index in [-0.39, 0.29) is 10.6 Å². The SMILES string of the molecule is COC(=O)c1cc(NC(=O)C(F)(F)C(F)(F)F)cs1. The summed E-state index contributed by atoms with van der Waals surface area (Å²) >= 11 is 0.727. The van der Waals surface area contributed by atoms with Crippen LogP contribution in [0.1, 0.15) is 9.67 Å². The van der Waals surface area contributed by atoms with Crippen LogP contribution in [0.15, 0.2) is 11.4 Å². The molecular formula is C9H6F5NO3S. The first-order chi connectivity index (χ1) is 8.59. The number of nitrogens with one attached hydrogen (secondary N) is 1. The van der Waals surface area contributed by atoms with Crippen LogP contribution in [-0.4, -0.2) is 31.1 Å². The number of ether oxygens (including phenoxy) is 1. The number of thiophene rings is 1. The average molecular weight is 303 g/mol. The van der Waals surface area contributed by atoms with Crippen molar-refractivity contribution in [2.45, 2.75) is 12.1 Å². The van der Waals surface area contributed by atoms with Crippen molar-refractivity contribution in [3.63, 3.8) is 0 Å². The molecule has 0 spiro atoms. The van der Waals surface area contributed by atoms with Crippen molar-refractivity contribution in [2.75, 3.05) is 12.4 Å². The highest BCUT2D eigenvalue weighted by Crippen LogP contribution is 2.36. The maximum absolute atomic E-state index is 12.6. The number of anilines is 1. The number of hydrogen-bond acceptors (Lipinski definition) is 4. The van der Waals surface area contributed by atoms with Gasteiger partial charge in [0, 0.05) is 5.38 Å². The molecule has 1 rings (SSSR count). The van der Waals surface area contributed by atoms with E-state index < -0.39 is 24.0 Å². The average Bonchev–Trinajstić information content (AvgIpc) is 2.74. The first-order valence-corrected chi connectivity index (χ1v) is 5.40. The number of halogens is 5. The predicted octanol–water partition coefficient (Wildman–Crippen LogP) is 2.67. The Kier molecular flexibility index (Phi) is 4.13. The topological polar surface area (TPSA) is 55.4 Å². The molecule has 0 bridgehead atoms. The van der Waals surface area contributed by atoms with Crippen molar-refractivity contribution in [1.29, 1.82) is 0 Å². The van der Waals surface area contributed by atoms with Crippen molar-refractivity contribution >= 4 is 28.9 Å². The van der Waals surface area contributed by atoms with E-state index >= 15 is 0 Å². The third kappa shape index (κ3) is 3.19. The number of alkyl halides is 5. The summed E-state index contributed by atoms with van der Waals surface area (Å²) in [5.41, 5.74) is -0.348. The second kappa shape index (κ2) is 5.11. The molecule has 0 saturated heterocycles. The monoisotopic (exact) mass is 303 g/mol. The maximum atomic E-state index is 12.6. The van der Waals surface area contributed by atoms with Gasteiger partial charge in [-0.15, -0.1) is 11.3 Å². The Labute approximate surface area is 107 Å². The van der Waals surface area contributed by atoms with E-state index in [2.05, 4.69) is 4.74 Å². The first-order valence-electron chi connectivity index (χ1n) is 4.52. The summed E-state index contributed by atoms with van der Waals surface area (Å²) < 4.78 is 65.2. The lowest BCUT2D eigenvalue weighted by Gasteiger charge is -2.18. The van der Waals surface area contributed by atoms with Crippen LogP contribution < -0.4 is 5.32 Å². The molecule has 0 unspecified atom stereocenters. The van der Waals surface area contributed by atoms with Crippen LogP contribution in [0.25, 0.3) is 0 Å². The molecule has 1 aromatic rings. The van der Waals surface area contributed by atoms with E-state index in [1.807, 2.05) is 0 Å². The quantitative estimate of drug-likeness (QED) is 0.690. The summed E-state index contributed by atoms with van der Waals surface area (Å²) in [5.74, 6) is -8.83. The van der Waals surface area contributed by atoms with Crippen molar-refractivity contribution in [3.8, 4) is 0 Å². The number of amides is 1. The van der Waals surface area contributed by atoms with Gasteiger partial charge in [0.15, 0.2) is 0 Å². The molecule has 0 aliphatic heterocycles. The van der Waals surface area contributed by atoms with Gasteiger partial charge < -0.3 is 10.1 Å². The fourth-order valence-corrected chi connectivity index (χ4v) is 1.70. The molecule has 0 fully saturated rings. The van der Waals surface area contributed by atoms with Gasteiger partial charge in [-0.3, -0.25) is 4.79 Å². The molecule has 1 heterocycles. The number of carbonyl (C=O) groups is 2. The molecule has 10 heteroatoms. The highest BCUT2D eigenvalue weighted by atomic mass is 32.1. The Morgan fingerprint density at radius 2 is 1.84 bits per heavy atom. The minimum Gasteiger partial charge on any atom is -0.465 e. The highest BCUT2D eigenvalue weighted by molar-refractivity contribution is 7.12. The van der Waals surface area contributed by atoms with Crippen molar-refractivity contribution < 1.29 is 36.3 Å². The zero-order valence-electron chi connectivity index (χ0n) is 9.18. The Hall–Kier alpha value is -1.71. The van der Waals surface area contributed by atoms with Gasteiger partial charge in [0.2, 0.25) is 0 Å². The van der Waals surface area contributed by atoms with Crippen LogP contribution in [0.3, 0.4) is 0 Å². The summed E-state index contributed by atoms with van der Waals surface area (Å²) in [6.07, 6.45) is -5.99. The van der Waals surface area contributed by atoms with Crippen molar-refractivity contribution in [2.24, 2.45) is 0 Å². The van der Waals surface area contributed by atoms with Crippen LogP contribution in [0, 0.1) is 0 Å². The molecule has 0 radical (unpaired) electrons. The number of hydrogen-bond donors (Lipinski definition) is 1.